The van der Waals surface area contributed by atoms with Crippen molar-refractivity contribution in [3.8, 4) is 17.2 Å². The number of amides is 3. The maximum Gasteiger partial charge on any atom is 0.323 e. The SMILES string of the molecule is CNCCOc1cc(Cl)c(C)cc1NC(=O)Nc1cccc(Oc2ccnc(C(=O)NC)c2)c1. The van der Waals surface area contributed by atoms with Gasteiger partial charge in [0, 0.05) is 48.7 Å². The van der Waals surface area contributed by atoms with Crippen molar-refractivity contribution in [3.63, 3.8) is 0 Å². The second kappa shape index (κ2) is 11.9. The van der Waals surface area contributed by atoms with Gasteiger partial charge in [-0.05, 0) is 43.8 Å². The number of pyridine rings is 1. The number of benzene rings is 2. The van der Waals surface area contributed by atoms with Gasteiger partial charge in [0.15, 0.2) is 0 Å². The monoisotopic (exact) mass is 483 g/mol. The highest BCUT2D eigenvalue weighted by Crippen LogP contribution is 2.31. The Balaban J connectivity index is 1.69. The first-order valence-electron chi connectivity index (χ1n) is 10.5. The Morgan fingerprint density at radius 2 is 1.82 bits per heavy atom. The van der Waals surface area contributed by atoms with Crippen LogP contribution in [0.2, 0.25) is 5.02 Å². The summed E-state index contributed by atoms with van der Waals surface area (Å²) < 4.78 is 11.6. The van der Waals surface area contributed by atoms with Gasteiger partial charge in [-0.25, -0.2) is 4.79 Å². The number of carbonyl (C=O) groups excluding carboxylic acids is 2. The van der Waals surface area contributed by atoms with Crippen LogP contribution in [0.3, 0.4) is 0 Å². The molecule has 0 fully saturated rings. The van der Waals surface area contributed by atoms with E-state index < -0.39 is 6.03 Å². The van der Waals surface area contributed by atoms with E-state index in [1.54, 1.807) is 42.5 Å². The molecule has 0 aliphatic carbocycles. The average molecular weight is 484 g/mol. The molecule has 3 rings (SSSR count). The van der Waals surface area contributed by atoms with Crippen molar-refractivity contribution in [3.05, 3.63) is 71.0 Å². The van der Waals surface area contributed by atoms with Gasteiger partial charge in [-0.1, -0.05) is 17.7 Å². The highest BCUT2D eigenvalue weighted by atomic mass is 35.5. The van der Waals surface area contributed by atoms with E-state index in [1.807, 2.05) is 14.0 Å². The van der Waals surface area contributed by atoms with Gasteiger partial charge >= 0.3 is 6.03 Å². The summed E-state index contributed by atoms with van der Waals surface area (Å²) in [6, 6.07) is 13.0. The third-order valence-electron chi connectivity index (χ3n) is 4.64. The van der Waals surface area contributed by atoms with Gasteiger partial charge in [-0.15, -0.1) is 0 Å². The zero-order valence-corrected chi connectivity index (χ0v) is 19.8. The Labute approximate surface area is 202 Å². The molecule has 0 unspecified atom stereocenters. The van der Waals surface area contributed by atoms with Crippen LogP contribution in [0.15, 0.2) is 54.7 Å². The number of likely N-dealkylation sites (N-methyl/N-ethyl adjacent to an activating group) is 1. The summed E-state index contributed by atoms with van der Waals surface area (Å²) in [5, 5.41) is 11.6. The zero-order valence-electron chi connectivity index (χ0n) is 19.1. The van der Waals surface area contributed by atoms with Gasteiger partial charge in [0.1, 0.15) is 29.5 Å². The molecule has 2 aromatic carbocycles. The van der Waals surface area contributed by atoms with Crippen LogP contribution in [0.1, 0.15) is 16.1 Å². The summed E-state index contributed by atoms with van der Waals surface area (Å²) >= 11 is 6.22. The molecule has 178 valence electrons. The standard InChI is InChI=1S/C24H26ClN5O4/c1-15-11-20(22(14-19(15)25)33-10-9-26-2)30-24(32)29-16-5-4-6-17(12-16)34-18-7-8-28-21(13-18)23(31)27-3/h4-8,11-14,26H,9-10H2,1-3H3,(H,27,31)(H2,29,30,32). The predicted octanol–water partition coefficient (Wildman–Crippen LogP) is 4.44. The molecule has 1 heterocycles. The van der Waals surface area contributed by atoms with Crippen LogP contribution in [0.5, 0.6) is 17.2 Å². The highest BCUT2D eigenvalue weighted by Gasteiger charge is 2.12. The Morgan fingerprint density at radius 1 is 1.03 bits per heavy atom. The van der Waals surface area contributed by atoms with Crippen molar-refractivity contribution < 1.29 is 19.1 Å². The average Bonchev–Trinajstić information content (AvgIpc) is 2.82. The Bertz CT molecular complexity index is 1170. The maximum atomic E-state index is 12.7. The summed E-state index contributed by atoms with van der Waals surface area (Å²) in [4.78, 5) is 28.5. The van der Waals surface area contributed by atoms with Crippen LogP contribution < -0.4 is 30.7 Å². The van der Waals surface area contributed by atoms with E-state index in [1.165, 1.54) is 19.3 Å². The summed E-state index contributed by atoms with van der Waals surface area (Å²) in [5.41, 5.74) is 2.06. The second-order valence-electron chi connectivity index (χ2n) is 7.21. The lowest BCUT2D eigenvalue weighted by molar-refractivity contribution is 0.0958. The molecule has 0 atom stereocenters. The van der Waals surface area contributed by atoms with E-state index in [4.69, 9.17) is 21.1 Å². The van der Waals surface area contributed by atoms with Crippen LogP contribution in [0, 0.1) is 6.92 Å². The van der Waals surface area contributed by atoms with Crippen molar-refractivity contribution >= 4 is 34.9 Å². The van der Waals surface area contributed by atoms with Gasteiger partial charge in [0.05, 0.1) is 5.69 Å². The molecule has 0 spiro atoms. The minimum atomic E-state index is -0.455. The molecule has 0 radical (unpaired) electrons. The number of hydrogen-bond donors (Lipinski definition) is 4. The minimum absolute atomic E-state index is 0.236. The van der Waals surface area contributed by atoms with Crippen LogP contribution in [0.4, 0.5) is 16.2 Å². The van der Waals surface area contributed by atoms with Gasteiger partial charge in [0.2, 0.25) is 0 Å². The molecule has 0 saturated heterocycles. The topological polar surface area (TPSA) is 114 Å². The molecule has 9 nitrogen and oxygen atoms in total. The van der Waals surface area contributed by atoms with Crippen molar-refractivity contribution in [2.45, 2.75) is 6.92 Å². The van der Waals surface area contributed by atoms with Crippen molar-refractivity contribution in [2.24, 2.45) is 0 Å². The number of urea groups is 1. The third kappa shape index (κ3) is 6.84. The molecule has 0 bridgehead atoms. The van der Waals surface area contributed by atoms with E-state index in [0.717, 1.165) is 5.56 Å². The fourth-order valence-electron chi connectivity index (χ4n) is 2.93. The van der Waals surface area contributed by atoms with Gasteiger partial charge < -0.3 is 30.7 Å². The van der Waals surface area contributed by atoms with Gasteiger partial charge in [0.25, 0.3) is 5.91 Å². The molecule has 4 N–H and O–H groups in total. The lowest BCUT2D eigenvalue weighted by Crippen LogP contribution is -2.21. The van der Waals surface area contributed by atoms with Crippen LogP contribution in [-0.4, -0.2) is 44.2 Å². The number of aromatic nitrogens is 1. The van der Waals surface area contributed by atoms with E-state index in [-0.39, 0.29) is 11.6 Å². The predicted molar refractivity (Wildman–Crippen MR) is 132 cm³/mol. The lowest BCUT2D eigenvalue weighted by Gasteiger charge is -2.15. The molecule has 0 saturated carbocycles. The first-order chi connectivity index (χ1) is 16.4. The Morgan fingerprint density at radius 3 is 2.59 bits per heavy atom. The smallest absolute Gasteiger partial charge is 0.323 e. The fourth-order valence-corrected chi connectivity index (χ4v) is 3.08. The molecule has 0 aliphatic rings. The number of rotatable bonds is 9. The molecule has 3 aromatic rings. The van der Waals surface area contributed by atoms with E-state index in [2.05, 4.69) is 26.3 Å². The zero-order chi connectivity index (χ0) is 24.5. The van der Waals surface area contributed by atoms with Crippen molar-refractivity contribution in [1.29, 1.82) is 0 Å². The Kier molecular flexibility index (Phi) is 8.66. The van der Waals surface area contributed by atoms with E-state index in [9.17, 15) is 9.59 Å². The number of carbonyl (C=O) groups is 2. The van der Waals surface area contributed by atoms with Gasteiger partial charge in [-0.3, -0.25) is 9.78 Å². The summed E-state index contributed by atoms with van der Waals surface area (Å²) in [6.07, 6.45) is 1.49. The van der Waals surface area contributed by atoms with Crippen LogP contribution >= 0.6 is 11.6 Å². The summed E-state index contributed by atoms with van der Waals surface area (Å²) in [6.45, 7) is 2.91. The largest absolute Gasteiger partial charge is 0.490 e. The summed E-state index contributed by atoms with van der Waals surface area (Å²) in [7, 11) is 3.35. The maximum absolute atomic E-state index is 12.7. The number of aryl methyl sites for hydroxylation is 1. The number of hydrogen-bond acceptors (Lipinski definition) is 6. The molecule has 3 amide bonds. The molecule has 0 aliphatic heterocycles. The quantitative estimate of drug-likeness (QED) is 0.335. The lowest BCUT2D eigenvalue weighted by atomic mass is 10.2. The number of nitrogens with zero attached hydrogens (tertiary/aromatic N) is 1. The van der Waals surface area contributed by atoms with E-state index >= 15 is 0 Å². The van der Waals surface area contributed by atoms with Crippen molar-refractivity contribution in [2.75, 3.05) is 37.9 Å². The van der Waals surface area contributed by atoms with Crippen LogP contribution in [0.25, 0.3) is 0 Å². The first kappa shape index (κ1) is 24.8. The number of anilines is 2. The van der Waals surface area contributed by atoms with E-state index in [0.29, 0.717) is 46.8 Å². The summed E-state index contributed by atoms with van der Waals surface area (Å²) in [5.74, 6) is 1.08. The first-order valence-corrected chi connectivity index (χ1v) is 10.9. The highest BCUT2D eigenvalue weighted by molar-refractivity contribution is 6.31. The molecule has 10 heteroatoms. The van der Waals surface area contributed by atoms with Gasteiger partial charge in [-0.2, -0.15) is 0 Å². The fraction of sp³-hybridized carbons (Fsp3) is 0.208. The molecular weight excluding hydrogens is 458 g/mol. The van der Waals surface area contributed by atoms with Crippen molar-refractivity contribution in [1.82, 2.24) is 15.6 Å². The number of nitrogens with one attached hydrogen (secondary N) is 4. The normalized spacial score (nSPS) is 10.4. The van der Waals surface area contributed by atoms with Crippen LogP contribution in [-0.2, 0) is 0 Å². The molecular formula is C24H26ClN5O4. The molecule has 34 heavy (non-hydrogen) atoms. The second-order valence-corrected chi connectivity index (χ2v) is 7.62. The minimum Gasteiger partial charge on any atom is -0.490 e. The number of ether oxygens (including phenoxy) is 2. The number of halogens is 1. The Hall–Kier alpha value is -3.82. The third-order valence-corrected chi connectivity index (χ3v) is 5.04. The molecule has 1 aromatic heterocycles.